The maximum atomic E-state index is 12.3. The molecule has 3 aromatic rings. The maximum absolute atomic E-state index is 12.3. The number of imidazole rings is 1. The maximum Gasteiger partial charge on any atom is 0.329 e. The number of carbonyl (C=O) groups excluding carboxylic acids is 2. The number of aliphatic hydroxyl groups excluding tert-OH is 1. The molecule has 10 nitrogen and oxygen atoms in total. The van der Waals surface area contributed by atoms with Gasteiger partial charge in [-0.25, -0.2) is 14.8 Å². The molecule has 2 N–H and O–H groups in total. The summed E-state index contributed by atoms with van der Waals surface area (Å²) in [6, 6.07) is 11.6. The second kappa shape index (κ2) is 11.0. The van der Waals surface area contributed by atoms with Crippen molar-refractivity contribution in [3.8, 4) is 17.3 Å². The van der Waals surface area contributed by atoms with Crippen LogP contribution in [0.5, 0.6) is 5.75 Å². The van der Waals surface area contributed by atoms with Crippen molar-refractivity contribution < 1.29 is 19.4 Å². The average molecular weight is 545 g/mol. The Balaban J connectivity index is 1.16. The number of urea groups is 1. The fourth-order valence-electron chi connectivity index (χ4n) is 6.13. The van der Waals surface area contributed by atoms with Crippen molar-refractivity contribution in [3.63, 3.8) is 0 Å². The van der Waals surface area contributed by atoms with Crippen LogP contribution < -0.4 is 15.0 Å². The van der Waals surface area contributed by atoms with Crippen molar-refractivity contribution in [1.29, 1.82) is 0 Å². The molecule has 3 atom stereocenters. The molecule has 0 spiro atoms. The van der Waals surface area contributed by atoms with Gasteiger partial charge in [0.25, 0.3) is 0 Å². The molecule has 1 saturated carbocycles. The van der Waals surface area contributed by atoms with E-state index in [4.69, 9.17) is 9.72 Å². The second-order valence-corrected chi connectivity index (χ2v) is 11.2. The molecule has 1 saturated heterocycles. The molecule has 0 bridgehead atoms. The fourth-order valence-corrected chi connectivity index (χ4v) is 6.13. The molecule has 0 radical (unpaired) electrons. The highest BCUT2D eigenvalue weighted by Crippen LogP contribution is 2.36. The predicted molar refractivity (Wildman–Crippen MR) is 150 cm³/mol. The molecular formula is C30H36N6O4. The number of anilines is 1. The largest absolute Gasteiger partial charge is 0.490 e. The van der Waals surface area contributed by atoms with Crippen molar-refractivity contribution in [1.82, 2.24) is 24.8 Å². The van der Waals surface area contributed by atoms with Crippen LogP contribution in [0.15, 0.2) is 42.6 Å². The Labute approximate surface area is 234 Å². The predicted octanol–water partition coefficient (Wildman–Crippen LogP) is 3.94. The van der Waals surface area contributed by atoms with Gasteiger partial charge in [-0.1, -0.05) is 31.5 Å². The van der Waals surface area contributed by atoms with Gasteiger partial charge in [-0.05, 0) is 54.5 Å². The minimum atomic E-state index is -0.452. The van der Waals surface area contributed by atoms with Crippen molar-refractivity contribution in [2.45, 2.75) is 64.3 Å². The summed E-state index contributed by atoms with van der Waals surface area (Å²) in [6.45, 7) is 3.92. The van der Waals surface area contributed by atoms with E-state index in [1.807, 2.05) is 23.7 Å². The Hall–Kier alpha value is -3.76. The number of fused-ring (bicyclic) bond motifs is 1. The number of pyridine rings is 1. The molecule has 2 fully saturated rings. The number of amides is 3. The summed E-state index contributed by atoms with van der Waals surface area (Å²) in [5.41, 5.74) is 3.75. The van der Waals surface area contributed by atoms with Gasteiger partial charge in [-0.2, -0.15) is 0 Å². The first-order valence-corrected chi connectivity index (χ1v) is 14.1. The van der Waals surface area contributed by atoms with Crippen LogP contribution in [-0.2, 0) is 24.9 Å². The molecule has 3 aliphatic rings. The van der Waals surface area contributed by atoms with Gasteiger partial charge in [0.1, 0.15) is 23.4 Å². The van der Waals surface area contributed by atoms with E-state index in [1.54, 1.807) is 6.20 Å². The van der Waals surface area contributed by atoms with Crippen LogP contribution in [0.25, 0.3) is 11.5 Å². The number of imide groups is 1. The summed E-state index contributed by atoms with van der Waals surface area (Å²) in [5.74, 6) is 2.43. The van der Waals surface area contributed by atoms with Crippen LogP contribution in [-0.4, -0.2) is 55.7 Å². The number of rotatable bonds is 7. The van der Waals surface area contributed by atoms with E-state index in [9.17, 15) is 14.7 Å². The molecule has 3 amide bonds. The molecule has 10 heteroatoms. The van der Waals surface area contributed by atoms with Gasteiger partial charge in [-0.3, -0.25) is 19.9 Å². The fraction of sp³-hybridized carbons (Fsp3) is 0.467. The summed E-state index contributed by atoms with van der Waals surface area (Å²) in [4.78, 5) is 37.1. The molecule has 0 unspecified atom stereocenters. The lowest BCUT2D eigenvalue weighted by atomic mass is 9.88. The van der Waals surface area contributed by atoms with Crippen LogP contribution in [0.1, 0.15) is 61.9 Å². The number of benzene rings is 1. The quantitative estimate of drug-likeness (QED) is 0.463. The molecule has 40 heavy (non-hydrogen) atoms. The van der Waals surface area contributed by atoms with E-state index < -0.39 is 6.03 Å². The normalized spacial score (nSPS) is 23.3. The van der Waals surface area contributed by atoms with Gasteiger partial charge in [0.05, 0.1) is 24.5 Å². The van der Waals surface area contributed by atoms with E-state index >= 15 is 0 Å². The third kappa shape index (κ3) is 5.09. The second-order valence-electron chi connectivity index (χ2n) is 11.2. The molecule has 1 aromatic carbocycles. The highest BCUT2D eigenvalue weighted by atomic mass is 16.5. The van der Waals surface area contributed by atoms with E-state index in [2.05, 4.69) is 46.4 Å². The Morgan fingerprint density at radius 3 is 2.65 bits per heavy atom. The lowest BCUT2D eigenvalue weighted by Gasteiger charge is -2.29. The van der Waals surface area contributed by atoms with Crippen LogP contribution in [0.2, 0.25) is 0 Å². The minimum Gasteiger partial charge on any atom is -0.490 e. The molecule has 210 valence electrons. The van der Waals surface area contributed by atoms with Crippen LogP contribution in [0.4, 0.5) is 10.6 Å². The molecule has 2 aromatic heterocycles. The van der Waals surface area contributed by atoms with E-state index in [0.717, 1.165) is 29.0 Å². The first-order chi connectivity index (χ1) is 19.4. The third-order valence-electron chi connectivity index (χ3n) is 8.47. The zero-order valence-electron chi connectivity index (χ0n) is 23.0. The van der Waals surface area contributed by atoms with Crippen LogP contribution >= 0.6 is 0 Å². The Morgan fingerprint density at radius 2 is 1.90 bits per heavy atom. The lowest BCUT2D eigenvalue weighted by molar-refractivity contribution is -0.120. The Kier molecular flexibility index (Phi) is 7.29. The van der Waals surface area contributed by atoms with Crippen molar-refractivity contribution in [3.05, 3.63) is 59.4 Å². The number of aliphatic hydroxyl groups is 1. The molecule has 6 rings (SSSR count). The number of hydrogen-bond acceptors (Lipinski definition) is 7. The average Bonchev–Trinajstić information content (AvgIpc) is 3.50. The Morgan fingerprint density at radius 1 is 1.10 bits per heavy atom. The third-order valence-corrected chi connectivity index (χ3v) is 8.47. The van der Waals surface area contributed by atoms with Crippen LogP contribution in [0.3, 0.4) is 0 Å². The summed E-state index contributed by atoms with van der Waals surface area (Å²) in [5, 5.41) is 12.7. The van der Waals surface area contributed by atoms with Crippen LogP contribution in [0, 0.1) is 5.92 Å². The smallest absolute Gasteiger partial charge is 0.329 e. The van der Waals surface area contributed by atoms with E-state index in [-0.39, 0.29) is 25.0 Å². The van der Waals surface area contributed by atoms with Gasteiger partial charge in [0, 0.05) is 33.1 Å². The number of aromatic nitrogens is 3. The van der Waals surface area contributed by atoms with Crippen molar-refractivity contribution in [2.75, 3.05) is 18.1 Å². The molecule has 1 aliphatic carbocycles. The minimum absolute atomic E-state index is 0.0436. The highest BCUT2D eigenvalue weighted by molar-refractivity contribution is 6.05. The number of carbonyl (C=O) groups is 2. The summed E-state index contributed by atoms with van der Waals surface area (Å²) < 4.78 is 8.10. The first kappa shape index (κ1) is 26.5. The van der Waals surface area contributed by atoms with Gasteiger partial charge in [-0.15, -0.1) is 0 Å². The van der Waals surface area contributed by atoms with Gasteiger partial charge < -0.3 is 14.4 Å². The SMILES string of the molecule is C[C@@H]1CCCC[C@H]1Oc1ccc(CN2Cc3ccc(-c4ncc(N5CCC(=O)NC5=O)n4C)nc3[C@H]2CO)cc1. The monoisotopic (exact) mass is 544 g/mol. The number of ether oxygens (including phenoxy) is 1. The Bertz CT molecular complexity index is 1400. The standard InChI is InChI=1S/C30H36N6O4/c1-19-5-3-4-6-25(19)40-22-10-7-20(8-11-22)16-35-17-21-9-12-23(32-28(21)24(35)18-37)29-31-15-27(34(29)2)36-14-13-26(38)33-30(36)39/h7-12,15,19,24-25,37H,3-6,13-14,16-18H2,1-2H3,(H,33,38,39)/t19-,24-,25-/m1/s1. The van der Waals surface area contributed by atoms with Crippen molar-refractivity contribution in [2.24, 2.45) is 13.0 Å². The summed E-state index contributed by atoms with van der Waals surface area (Å²) in [6.07, 6.45) is 7.04. The lowest BCUT2D eigenvalue weighted by Crippen LogP contribution is -2.50. The van der Waals surface area contributed by atoms with Gasteiger partial charge >= 0.3 is 6.03 Å². The first-order valence-electron chi connectivity index (χ1n) is 14.1. The number of hydrogen-bond donors (Lipinski definition) is 2. The van der Waals surface area contributed by atoms with Gasteiger partial charge in [0.2, 0.25) is 5.91 Å². The topological polar surface area (TPSA) is 113 Å². The van der Waals surface area contributed by atoms with Crippen molar-refractivity contribution >= 4 is 17.8 Å². The zero-order chi connectivity index (χ0) is 27.8. The zero-order valence-corrected chi connectivity index (χ0v) is 23.0. The molecular weight excluding hydrogens is 508 g/mol. The molecule has 4 heterocycles. The van der Waals surface area contributed by atoms with E-state index in [1.165, 1.54) is 24.2 Å². The highest BCUT2D eigenvalue weighted by Gasteiger charge is 2.33. The summed E-state index contributed by atoms with van der Waals surface area (Å²) >= 11 is 0. The number of nitrogens with one attached hydrogen (secondary N) is 1. The molecule has 2 aliphatic heterocycles. The van der Waals surface area contributed by atoms with E-state index in [0.29, 0.717) is 49.0 Å². The number of nitrogens with zero attached hydrogens (tertiary/aromatic N) is 5. The van der Waals surface area contributed by atoms with Gasteiger partial charge in [0.15, 0.2) is 5.82 Å². The summed E-state index contributed by atoms with van der Waals surface area (Å²) in [7, 11) is 1.83.